The molecule has 0 saturated heterocycles. The summed E-state index contributed by atoms with van der Waals surface area (Å²) in [4.78, 5) is 2.50. The van der Waals surface area contributed by atoms with Crippen molar-refractivity contribution < 1.29 is 9.47 Å². The Morgan fingerprint density at radius 2 is 0.602 bits per heavy atom. The van der Waals surface area contributed by atoms with E-state index in [1.54, 1.807) is 0 Å². The Labute approximate surface area is 483 Å². The Hall–Kier alpha value is -10.7. The molecule has 2 spiro atoms. The minimum atomic E-state index is -0.609. The van der Waals surface area contributed by atoms with Gasteiger partial charge >= 0.3 is 0 Å². The van der Waals surface area contributed by atoms with Crippen molar-refractivity contribution in [2.75, 3.05) is 4.90 Å². The van der Waals surface area contributed by atoms with Crippen LogP contribution in [0.5, 0.6) is 23.0 Å². The number of ether oxygens (including phenoxy) is 2. The van der Waals surface area contributed by atoms with Crippen molar-refractivity contribution >= 4 is 17.1 Å². The van der Waals surface area contributed by atoms with Crippen LogP contribution in [0.1, 0.15) is 44.5 Å². The topological polar surface area (TPSA) is 21.7 Å². The Morgan fingerprint density at radius 3 is 1.20 bits per heavy atom. The van der Waals surface area contributed by atoms with E-state index < -0.39 is 10.8 Å². The second-order valence-corrected chi connectivity index (χ2v) is 22.1. The molecule has 0 saturated carbocycles. The molecule has 2 heterocycles. The minimum Gasteiger partial charge on any atom is -0.457 e. The van der Waals surface area contributed by atoms with Crippen molar-refractivity contribution in [3.63, 3.8) is 0 Å². The van der Waals surface area contributed by atoms with Crippen molar-refractivity contribution in [1.82, 2.24) is 0 Å². The smallest absolute Gasteiger partial charge is 0.132 e. The highest BCUT2D eigenvalue weighted by Gasteiger charge is 2.53. The van der Waals surface area contributed by atoms with Crippen molar-refractivity contribution in [1.29, 1.82) is 0 Å². The second kappa shape index (κ2) is 18.4. The van der Waals surface area contributed by atoms with Crippen LogP contribution in [0.3, 0.4) is 0 Å². The van der Waals surface area contributed by atoms with Crippen LogP contribution in [0.25, 0.3) is 66.8 Å². The molecule has 2 aliphatic carbocycles. The molecule has 4 aliphatic rings. The molecule has 2 aliphatic heterocycles. The second-order valence-electron chi connectivity index (χ2n) is 22.1. The SMILES string of the molecule is c1ccc(-c2cccc(-c3ccc(N(c4ccccc4-c4ccc5c(c4)-c4ccccc4C54c5ccccc5Oc5ccccc54)c4ccccc4-c4cccc5c4-c4ccccc4C54c5ccccc5Oc5ccccc54)cc3)c2)cc1. The van der Waals surface area contributed by atoms with Gasteiger partial charge in [0.1, 0.15) is 23.0 Å². The van der Waals surface area contributed by atoms with E-state index in [1.165, 1.54) is 61.2 Å². The van der Waals surface area contributed by atoms with Gasteiger partial charge in [-0.3, -0.25) is 0 Å². The lowest BCUT2D eigenvalue weighted by atomic mass is 9.66. The highest BCUT2D eigenvalue weighted by atomic mass is 16.5. The van der Waals surface area contributed by atoms with Crippen LogP contribution in [-0.2, 0) is 10.8 Å². The van der Waals surface area contributed by atoms with E-state index in [0.29, 0.717) is 0 Å². The molecule has 0 bridgehead atoms. The number of hydrogen-bond acceptors (Lipinski definition) is 3. The number of nitrogens with zero attached hydrogens (tertiary/aromatic N) is 1. The lowest BCUT2D eigenvalue weighted by Crippen LogP contribution is -2.32. The summed E-state index contributed by atoms with van der Waals surface area (Å²) < 4.78 is 13.5. The van der Waals surface area contributed by atoms with Gasteiger partial charge in [-0.25, -0.2) is 0 Å². The first-order valence-electron chi connectivity index (χ1n) is 28.6. The molecule has 13 aromatic carbocycles. The molecule has 0 aromatic heterocycles. The maximum absolute atomic E-state index is 6.76. The molecule has 0 atom stereocenters. The summed E-state index contributed by atoms with van der Waals surface area (Å²) in [6.45, 7) is 0. The normalized spacial score (nSPS) is 13.7. The predicted molar refractivity (Wildman–Crippen MR) is 338 cm³/mol. The van der Waals surface area contributed by atoms with Gasteiger partial charge in [0.2, 0.25) is 0 Å². The van der Waals surface area contributed by atoms with Crippen LogP contribution >= 0.6 is 0 Å². The molecule has 0 amide bonds. The van der Waals surface area contributed by atoms with Gasteiger partial charge < -0.3 is 14.4 Å². The molecule has 3 nitrogen and oxygen atoms in total. The molecule has 0 unspecified atom stereocenters. The molecular formula is C80H51NO2. The van der Waals surface area contributed by atoms with Crippen molar-refractivity contribution in [3.05, 3.63) is 354 Å². The summed E-state index contributed by atoms with van der Waals surface area (Å²) in [6, 6.07) is 113. The first-order valence-corrected chi connectivity index (χ1v) is 28.6. The number of rotatable bonds is 7. The summed E-state index contributed by atoms with van der Waals surface area (Å²) in [6.07, 6.45) is 0. The average Bonchev–Trinajstić information content (AvgIpc) is 1.66. The Bertz CT molecular complexity index is 4670. The molecule has 0 fully saturated rings. The van der Waals surface area contributed by atoms with Crippen molar-refractivity contribution in [2.24, 2.45) is 0 Å². The zero-order valence-corrected chi connectivity index (χ0v) is 45.2. The molecule has 13 aromatic rings. The van der Waals surface area contributed by atoms with Gasteiger partial charge in [-0.05, 0) is 139 Å². The molecule has 388 valence electrons. The fourth-order valence-corrected chi connectivity index (χ4v) is 14.7. The van der Waals surface area contributed by atoms with E-state index in [2.05, 4.69) is 314 Å². The van der Waals surface area contributed by atoms with Crippen molar-refractivity contribution in [2.45, 2.75) is 10.8 Å². The Morgan fingerprint density at radius 1 is 0.217 bits per heavy atom. The van der Waals surface area contributed by atoms with Gasteiger partial charge in [0.25, 0.3) is 0 Å². The van der Waals surface area contributed by atoms with Gasteiger partial charge in [-0.2, -0.15) is 0 Å². The fourth-order valence-electron chi connectivity index (χ4n) is 14.7. The summed E-state index contributed by atoms with van der Waals surface area (Å²) in [7, 11) is 0. The summed E-state index contributed by atoms with van der Waals surface area (Å²) >= 11 is 0. The molecule has 0 N–H and O–H groups in total. The lowest BCUT2D eigenvalue weighted by molar-refractivity contribution is 0.436. The number of para-hydroxylation sites is 6. The largest absolute Gasteiger partial charge is 0.457 e. The van der Waals surface area contributed by atoms with Gasteiger partial charge in [-0.1, -0.05) is 249 Å². The van der Waals surface area contributed by atoms with Crippen LogP contribution in [0.15, 0.2) is 309 Å². The molecule has 83 heavy (non-hydrogen) atoms. The molecule has 3 heteroatoms. The van der Waals surface area contributed by atoms with Crippen LogP contribution in [0.4, 0.5) is 17.1 Å². The number of benzene rings is 13. The average molecular weight is 1060 g/mol. The first kappa shape index (κ1) is 47.1. The van der Waals surface area contributed by atoms with Crippen LogP contribution in [-0.4, -0.2) is 0 Å². The molecule has 0 radical (unpaired) electrons. The molecular weight excluding hydrogens is 1010 g/mol. The minimum absolute atomic E-state index is 0.565. The third kappa shape index (κ3) is 6.80. The van der Waals surface area contributed by atoms with Crippen LogP contribution in [0, 0.1) is 0 Å². The third-order valence-electron chi connectivity index (χ3n) is 18.0. The maximum Gasteiger partial charge on any atom is 0.132 e. The summed E-state index contributed by atoms with van der Waals surface area (Å²) in [5.41, 5.74) is 25.8. The van der Waals surface area contributed by atoms with Gasteiger partial charge in [0, 0.05) is 39.1 Å². The van der Waals surface area contributed by atoms with E-state index in [4.69, 9.17) is 9.47 Å². The summed E-state index contributed by atoms with van der Waals surface area (Å²) in [5.74, 6) is 3.53. The van der Waals surface area contributed by atoms with E-state index in [0.717, 1.165) is 90.1 Å². The Balaban J connectivity index is 0.879. The van der Waals surface area contributed by atoms with Gasteiger partial charge in [0.15, 0.2) is 0 Å². The first-order chi connectivity index (χ1) is 41.2. The lowest BCUT2D eigenvalue weighted by Gasteiger charge is -2.39. The van der Waals surface area contributed by atoms with E-state index in [-0.39, 0.29) is 0 Å². The highest BCUT2D eigenvalue weighted by Crippen LogP contribution is 2.65. The van der Waals surface area contributed by atoms with Gasteiger partial charge in [-0.15, -0.1) is 0 Å². The number of anilines is 3. The zero-order chi connectivity index (χ0) is 54.6. The predicted octanol–water partition coefficient (Wildman–Crippen LogP) is 20.8. The van der Waals surface area contributed by atoms with E-state index in [1.807, 2.05) is 0 Å². The van der Waals surface area contributed by atoms with Crippen LogP contribution < -0.4 is 14.4 Å². The zero-order valence-electron chi connectivity index (χ0n) is 45.2. The fraction of sp³-hybridized carbons (Fsp3) is 0.0250. The number of hydrogen-bond donors (Lipinski definition) is 0. The van der Waals surface area contributed by atoms with E-state index >= 15 is 0 Å². The molecule has 17 rings (SSSR count). The quantitative estimate of drug-likeness (QED) is 0.159. The highest BCUT2D eigenvalue weighted by molar-refractivity contribution is 6.02. The number of fused-ring (bicyclic) bond motifs is 18. The standard InChI is InChI=1S/C80H51NO2/c1-2-22-52(23-3-1)54-24-20-25-55(50-54)53-44-47-57(48-45-53)81(72-38-14-6-26-58(72)56-46-49-66-63(51-56)59-27-4-8-31-64(59)79(66)67-33-10-16-40-74(67)82-75-41-17-11-34-68(75)79)73-39-15-7-28-60(73)61-30-21-37-71-78(61)62-29-5-9-32-65(62)80(71)69-35-12-18-42-76(69)83-77-43-19-13-36-70(77)80/h1-51H. The van der Waals surface area contributed by atoms with Gasteiger partial charge in [0.05, 0.1) is 22.2 Å². The Kier molecular flexibility index (Phi) is 10.4. The van der Waals surface area contributed by atoms with Crippen LogP contribution in [0.2, 0.25) is 0 Å². The monoisotopic (exact) mass is 1060 g/mol. The van der Waals surface area contributed by atoms with E-state index in [9.17, 15) is 0 Å². The summed E-state index contributed by atoms with van der Waals surface area (Å²) in [5, 5.41) is 0. The third-order valence-corrected chi connectivity index (χ3v) is 18.0. The maximum atomic E-state index is 6.76. The van der Waals surface area contributed by atoms with Crippen molar-refractivity contribution in [3.8, 4) is 89.8 Å².